The molecule has 2 rings (SSSR count). The lowest BCUT2D eigenvalue weighted by molar-refractivity contribution is -0.192. The number of hydrogen-bond acceptors (Lipinski definition) is 6. The molecule has 0 heterocycles. The topological polar surface area (TPSA) is 203 Å². The van der Waals surface area contributed by atoms with Gasteiger partial charge >= 0.3 is 12.1 Å². The molecule has 9 N–H and O–H groups in total. The molecule has 15 heteroatoms. The van der Waals surface area contributed by atoms with Gasteiger partial charge in [0.25, 0.3) is 0 Å². The van der Waals surface area contributed by atoms with E-state index in [2.05, 4.69) is 15.6 Å². The minimum absolute atomic E-state index is 0.0493. The van der Waals surface area contributed by atoms with Crippen molar-refractivity contribution in [3.63, 3.8) is 0 Å². The maximum Gasteiger partial charge on any atom is 0.490 e. The minimum Gasteiger partial charge on any atom is -0.475 e. The molecule has 42 heavy (non-hydrogen) atoms. The molecule has 0 aromatic heterocycles. The SMILES string of the molecule is NC(N)=NCCC[C@H](NC(=O)[C@H](Cc1ccccc1)NC(=O)[C@H](N)Cc1ccccc1)C(=O)CCl.O=C(O)C(F)(F)F. The number of alkyl halides is 4. The molecule has 2 aromatic carbocycles. The summed E-state index contributed by atoms with van der Waals surface area (Å²) in [5.41, 5.74) is 18.5. The van der Waals surface area contributed by atoms with E-state index < -0.39 is 42.1 Å². The van der Waals surface area contributed by atoms with Gasteiger partial charge in [0.05, 0.1) is 18.0 Å². The molecule has 0 aliphatic rings. The van der Waals surface area contributed by atoms with Crippen LogP contribution in [0.3, 0.4) is 0 Å². The molecule has 0 saturated heterocycles. The first-order valence-electron chi connectivity index (χ1n) is 12.6. The van der Waals surface area contributed by atoms with E-state index in [4.69, 9.17) is 38.7 Å². The van der Waals surface area contributed by atoms with Crippen molar-refractivity contribution in [1.82, 2.24) is 10.6 Å². The van der Waals surface area contributed by atoms with E-state index in [1.807, 2.05) is 60.7 Å². The Kier molecular flexibility index (Phi) is 15.6. The van der Waals surface area contributed by atoms with E-state index >= 15 is 0 Å². The quantitative estimate of drug-likeness (QED) is 0.0789. The zero-order valence-electron chi connectivity index (χ0n) is 22.5. The van der Waals surface area contributed by atoms with Gasteiger partial charge in [-0.1, -0.05) is 60.7 Å². The van der Waals surface area contributed by atoms with E-state index in [1.165, 1.54) is 0 Å². The smallest absolute Gasteiger partial charge is 0.475 e. The van der Waals surface area contributed by atoms with Gasteiger partial charge in [0, 0.05) is 13.0 Å². The van der Waals surface area contributed by atoms with Crippen LogP contribution in [-0.4, -0.2) is 71.4 Å². The van der Waals surface area contributed by atoms with E-state index in [0.29, 0.717) is 25.8 Å². The Hall–Kier alpha value is -4.17. The number of nitrogens with zero attached hydrogens (tertiary/aromatic N) is 1. The van der Waals surface area contributed by atoms with Crippen LogP contribution in [0, 0.1) is 0 Å². The largest absolute Gasteiger partial charge is 0.490 e. The van der Waals surface area contributed by atoms with Crippen molar-refractivity contribution in [3.8, 4) is 0 Å². The number of amides is 2. The number of hydrogen-bond donors (Lipinski definition) is 6. The predicted molar refractivity (Wildman–Crippen MR) is 151 cm³/mol. The summed E-state index contributed by atoms with van der Waals surface area (Å²) in [6, 6.07) is 16.0. The molecule has 0 radical (unpaired) electrons. The number of ketones is 1. The number of carbonyl (C=O) groups excluding carboxylic acids is 3. The standard InChI is InChI=1S/C25H33ClN6O3.C2HF3O2/c26-16-22(33)20(12-7-13-30-25(28)29)31-24(35)21(15-18-10-5-2-6-11-18)32-23(34)19(27)14-17-8-3-1-4-9-17;3-2(4,5)1(6)7/h1-6,8-11,19-21H,7,12-16,27H2,(H,31,35)(H,32,34)(H4,28,29,30);(H,6,7)/t19-,20+,21+;/m1./s1. The third-order valence-electron chi connectivity index (χ3n) is 5.58. The van der Waals surface area contributed by atoms with Crippen LogP contribution < -0.4 is 27.8 Å². The molecule has 0 unspecified atom stereocenters. The number of aliphatic carboxylic acids is 1. The highest BCUT2D eigenvalue weighted by Crippen LogP contribution is 2.13. The molecule has 0 spiro atoms. The van der Waals surface area contributed by atoms with Crippen LogP contribution in [0.15, 0.2) is 65.7 Å². The fourth-order valence-corrected chi connectivity index (χ4v) is 3.67. The number of carboxylic acid groups (broad SMARTS) is 1. The van der Waals surface area contributed by atoms with Crippen LogP contribution in [0.5, 0.6) is 0 Å². The van der Waals surface area contributed by atoms with E-state index in [-0.39, 0.29) is 24.0 Å². The minimum atomic E-state index is -5.08. The highest BCUT2D eigenvalue weighted by molar-refractivity contribution is 6.28. The molecule has 230 valence electrons. The predicted octanol–water partition coefficient (Wildman–Crippen LogP) is 1.26. The fraction of sp³-hybridized carbons (Fsp3) is 0.370. The fourth-order valence-electron chi connectivity index (χ4n) is 3.48. The van der Waals surface area contributed by atoms with Gasteiger partial charge in [-0.25, -0.2) is 4.79 Å². The Morgan fingerprint density at radius 1 is 0.857 bits per heavy atom. The first-order valence-corrected chi connectivity index (χ1v) is 13.2. The first kappa shape index (κ1) is 35.9. The number of nitrogens with two attached hydrogens (primary N) is 3. The van der Waals surface area contributed by atoms with Crippen LogP contribution in [0.2, 0.25) is 0 Å². The van der Waals surface area contributed by atoms with E-state index in [0.717, 1.165) is 11.1 Å². The number of rotatable bonds is 14. The number of carbonyl (C=O) groups is 4. The van der Waals surface area contributed by atoms with Crippen LogP contribution in [-0.2, 0) is 32.0 Å². The molecule has 11 nitrogen and oxygen atoms in total. The van der Waals surface area contributed by atoms with Crippen LogP contribution in [0.1, 0.15) is 24.0 Å². The van der Waals surface area contributed by atoms with Gasteiger partial charge in [0.1, 0.15) is 6.04 Å². The van der Waals surface area contributed by atoms with Crippen molar-refractivity contribution in [2.24, 2.45) is 22.2 Å². The highest BCUT2D eigenvalue weighted by atomic mass is 35.5. The maximum atomic E-state index is 13.2. The third kappa shape index (κ3) is 14.5. The highest BCUT2D eigenvalue weighted by Gasteiger charge is 2.38. The second-order valence-electron chi connectivity index (χ2n) is 8.96. The summed E-state index contributed by atoms with van der Waals surface area (Å²) in [6.07, 6.45) is -3.77. The zero-order valence-corrected chi connectivity index (χ0v) is 23.3. The summed E-state index contributed by atoms with van der Waals surface area (Å²) in [5.74, 6) is -4.36. The van der Waals surface area contributed by atoms with Gasteiger partial charge in [0.2, 0.25) is 11.8 Å². The van der Waals surface area contributed by atoms with Crippen molar-refractivity contribution in [2.75, 3.05) is 12.4 Å². The molecule has 0 aliphatic carbocycles. The molecule has 2 aromatic rings. The molecule has 0 fully saturated rings. The summed E-state index contributed by atoms with van der Waals surface area (Å²) in [7, 11) is 0. The lowest BCUT2D eigenvalue weighted by atomic mass is 10.0. The normalized spacial score (nSPS) is 12.9. The van der Waals surface area contributed by atoms with E-state index in [1.54, 1.807) is 0 Å². The summed E-state index contributed by atoms with van der Waals surface area (Å²) in [5, 5.41) is 12.6. The number of Topliss-reactive ketones (excluding diaryl/α,β-unsaturated/α-hetero) is 1. The van der Waals surface area contributed by atoms with Crippen molar-refractivity contribution >= 4 is 41.1 Å². The van der Waals surface area contributed by atoms with Crippen LogP contribution in [0.25, 0.3) is 0 Å². The number of carboxylic acids is 1. The summed E-state index contributed by atoms with van der Waals surface area (Å²) in [4.78, 5) is 51.2. The summed E-state index contributed by atoms with van der Waals surface area (Å²) in [6.45, 7) is 0.308. The zero-order chi connectivity index (χ0) is 31.7. The molecule has 0 bridgehead atoms. The lowest BCUT2D eigenvalue weighted by Gasteiger charge is -2.24. The Morgan fingerprint density at radius 2 is 1.33 bits per heavy atom. The second-order valence-corrected chi connectivity index (χ2v) is 9.23. The van der Waals surface area contributed by atoms with Crippen molar-refractivity contribution in [2.45, 2.75) is 50.0 Å². The summed E-state index contributed by atoms with van der Waals surface area (Å²) < 4.78 is 31.7. The van der Waals surface area contributed by atoms with Crippen LogP contribution in [0.4, 0.5) is 13.2 Å². The Labute approximate surface area is 245 Å². The molecule has 3 atom stereocenters. The van der Waals surface area contributed by atoms with Gasteiger partial charge in [-0.15, -0.1) is 11.6 Å². The number of halogens is 4. The molecular formula is C27H34ClF3N6O5. The van der Waals surface area contributed by atoms with Crippen molar-refractivity contribution < 1.29 is 37.5 Å². The number of nitrogens with one attached hydrogen (secondary N) is 2. The van der Waals surface area contributed by atoms with Gasteiger partial charge in [0.15, 0.2) is 11.7 Å². The third-order valence-corrected chi connectivity index (χ3v) is 5.84. The monoisotopic (exact) mass is 614 g/mol. The van der Waals surface area contributed by atoms with Crippen molar-refractivity contribution in [1.29, 1.82) is 0 Å². The number of guanidine groups is 1. The average molecular weight is 615 g/mol. The second kappa shape index (κ2) is 18.3. The van der Waals surface area contributed by atoms with Gasteiger partial charge in [-0.05, 0) is 30.4 Å². The summed E-state index contributed by atoms with van der Waals surface area (Å²) >= 11 is 5.75. The number of aliphatic imine (C=N–C) groups is 1. The molecule has 2 amide bonds. The molecule has 0 saturated carbocycles. The Balaban J connectivity index is 0.00000112. The Morgan fingerprint density at radius 3 is 1.79 bits per heavy atom. The lowest BCUT2D eigenvalue weighted by Crippen LogP contribution is -2.55. The van der Waals surface area contributed by atoms with Gasteiger partial charge in [-0.3, -0.25) is 19.4 Å². The van der Waals surface area contributed by atoms with Gasteiger partial charge < -0.3 is 32.9 Å². The van der Waals surface area contributed by atoms with Crippen molar-refractivity contribution in [3.05, 3.63) is 71.8 Å². The average Bonchev–Trinajstić information content (AvgIpc) is 2.94. The van der Waals surface area contributed by atoms with Gasteiger partial charge in [-0.2, -0.15) is 13.2 Å². The molecule has 0 aliphatic heterocycles. The first-order chi connectivity index (χ1) is 19.7. The number of benzene rings is 2. The van der Waals surface area contributed by atoms with Crippen LogP contribution >= 0.6 is 11.6 Å². The molecular weight excluding hydrogens is 581 g/mol. The van der Waals surface area contributed by atoms with E-state index in [9.17, 15) is 27.6 Å². The maximum absolute atomic E-state index is 13.2. The Bertz CT molecular complexity index is 1180.